The summed E-state index contributed by atoms with van der Waals surface area (Å²) in [6.07, 6.45) is 5.42. The zero-order valence-corrected chi connectivity index (χ0v) is 22.6. The fourth-order valence-electron chi connectivity index (χ4n) is 3.82. The van der Waals surface area contributed by atoms with Crippen LogP contribution in [0.5, 0.6) is 0 Å². The number of likely N-dealkylation sites (N-methyl/N-ethyl adjacent to an activating group) is 1. The van der Waals surface area contributed by atoms with E-state index in [0.29, 0.717) is 11.3 Å². The first kappa shape index (κ1) is 28.8. The van der Waals surface area contributed by atoms with Crippen molar-refractivity contribution in [2.24, 2.45) is 0 Å². The molecule has 0 spiro atoms. The molecule has 0 saturated heterocycles. The summed E-state index contributed by atoms with van der Waals surface area (Å²) in [7, 11) is 3.21. The number of pyridine rings is 2. The largest absolute Gasteiger partial charge is 0.465 e. The van der Waals surface area contributed by atoms with Crippen LogP contribution < -0.4 is 16.2 Å². The molecule has 206 valence electrons. The maximum atomic E-state index is 13.1. The van der Waals surface area contributed by atoms with E-state index >= 15 is 0 Å². The van der Waals surface area contributed by atoms with Gasteiger partial charge in [0.25, 0.3) is 5.56 Å². The topological polar surface area (TPSA) is 162 Å². The van der Waals surface area contributed by atoms with Crippen LogP contribution in [0.2, 0.25) is 0 Å². The van der Waals surface area contributed by atoms with Gasteiger partial charge in [0.15, 0.2) is 0 Å². The molecule has 3 rings (SSSR count). The summed E-state index contributed by atoms with van der Waals surface area (Å²) in [6.45, 7) is 5.96. The number of aryl methyl sites for hydroxylation is 1. The maximum absolute atomic E-state index is 13.1. The lowest BCUT2D eigenvalue weighted by Crippen LogP contribution is -2.44. The molecular weight excluding hydrogens is 502 g/mol. The summed E-state index contributed by atoms with van der Waals surface area (Å²) in [5.74, 6) is -0.372. The van der Waals surface area contributed by atoms with Crippen LogP contribution in [0.3, 0.4) is 0 Å². The molecular formula is C27H33N7O5. The van der Waals surface area contributed by atoms with E-state index in [0.717, 1.165) is 22.5 Å². The summed E-state index contributed by atoms with van der Waals surface area (Å²) in [5, 5.41) is 13.9. The van der Waals surface area contributed by atoms with E-state index in [9.17, 15) is 19.2 Å². The van der Waals surface area contributed by atoms with Crippen molar-refractivity contribution in [3.05, 3.63) is 69.7 Å². The molecule has 0 saturated carbocycles. The fraction of sp³-hybridized carbons (Fsp3) is 0.333. The smallest absolute Gasteiger partial charge is 0.405 e. The van der Waals surface area contributed by atoms with Crippen LogP contribution in [-0.2, 0) is 16.1 Å². The van der Waals surface area contributed by atoms with E-state index in [2.05, 4.69) is 25.6 Å². The minimum atomic E-state index is -1.38. The van der Waals surface area contributed by atoms with Crippen LogP contribution in [0.15, 0.2) is 46.9 Å². The first-order chi connectivity index (χ1) is 18.4. The highest BCUT2D eigenvalue weighted by atomic mass is 16.4. The zero-order chi connectivity index (χ0) is 28.7. The fourth-order valence-corrected chi connectivity index (χ4v) is 3.82. The van der Waals surface area contributed by atoms with E-state index in [-0.39, 0.29) is 31.0 Å². The van der Waals surface area contributed by atoms with E-state index in [1.54, 1.807) is 32.4 Å². The number of nitrogens with zero attached hydrogens (tertiary/aromatic N) is 4. The average Bonchev–Trinajstić information content (AvgIpc) is 3.25. The molecule has 39 heavy (non-hydrogen) atoms. The van der Waals surface area contributed by atoms with Gasteiger partial charge in [0.05, 0.1) is 17.8 Å². The Morgan fingerprint density at radius 2 is 1.97 bits per heavy atom. The Hall–Kier alpha value is -4.74. The lowest BCUT2D eigenvalue weighted by molar-refractivity contribution is -0.123. The van der Waals surface area contributed by atoms with Gasteiger partial charge in [-0.25, -0.2) is 9.78 Å². The van der Waals surface area contributed by atoms with Crippen LogP contribution in [0.25, 0.3) is 17.1 Å². The molecule has 0 fully saturated rings. The minimum Gasteiger partial charge on any atom is -0.465 e. The van der Waals surface area contributed by atoms with Gasteiger partial charge < -0.3 is 30.2 Å². The molecule has 12 nitrogen and oxygen atoms in total. The Balaban J connectivity index is 1.78. The molecule has 3 heterocycles. The summed E-state index contributed by atoms with van der Waals surface area (Å²) in [6, 6.07) is 3.81. The van der Waals surface area contributed by atoms with E-state index < -0.39 is 23.6 Å². The number of nitrogens with one attached hydrogen (secondary N) is 3. The third kappa shape index (κ3) is 7.87. The number of rotatable bonds is 10. The molecule has 4 N–H and O–H groups in total. The predicted molar refractivity (Wildman–Crippen MR) is 148 cm³/mol. The minimum absolute atomic E-state index is 0.00290. The molecule has 0 aliphatic carbocycles. The second kappa shape index (κ2) is 12.7. The van der Waals surface area contributed by atoms with Gasteiger partial charge in [0.1, 0.15) is 23.1 Å². The highest BCUT2D eigenvalue weighted by molar-refractivity contribution is 5.96. The molecule has 3 aromatic heterocycles. The standard InChI is InChI=1S/C27H33N7O5/c1-16(2)13-20-24-21(14-17(3)28-20)29-22(32-24)15-34-12-8-10-19(26(34)37)30-25(36)18(31-27(38)39)9-6-7-11-23(35)33(4)5/h7-8,10-14,18,31H,6,9,15H2,1-5H3,(H,29,32)(H,30,36)(H,38,39)/b11-7+/t18-/m0/s1. The molecule has 0 aromatic carbocycles. The normalized spacial score (nSPS) is 11.8. The third-order valence-corrected chi connectivity index (χ3v) is 5.63. The monoisotopic (exact) mass is 535 g/mol. The van der Waals surface area contributed by atoms with Crippen LogP contribution >= 0.6 is 0 Å². The molecule has 0 bridgehead atoms. The number of imidazole rings is 1. The quantitative estimate of drug-likeness (QED) is 0.290. The van der Waals surface area contributed by atoms with Gasteiger partial charge in [0.2, 0.25) is 11.8 Å². The van der Waals surface area contributed by atoms with Crippen molar-refractivity contribution >= 4 is 40.7 Å². The van der Waals surface area contributed by atoms with Crippen molar-refractivity contribution in [1.29, 1.82) is 0 Å². The Bertz CT molecular complexity index is 1500. The summed E-state index contributed by atoms with van der Waals surface area (Å²) in [5.41, 5.74) is 3.65. The highest BCUT2D eigenvalue weighted by Gasteiger charge is 2.21. The van der Waals surface area contributed by atoms with Gasteiger partial charge in [0, 0.05) is 26.0 Å². The number of carbonyl (C=O) groups is 3. The molecule has 3 amide bonds. The van der Waals surface area contributed by atoms with E-state index in [4.69, 9.17) is 5.11 Å². The molecule has 12 heteroatoms. The number of carbonyl (C=O) groups excluding carboxylic acids is 2. The van der Waals surface area contributed by atoms with Crippen LogP contribution in [0.1, 0.15) is 43.9 Å². The molecule has 1 atom stereocenters. The Kier molecular flexibility index (Phi) is 9.37. The number of allylic oxidation sites excluding steroid dienone is 2. The number of H-pyrrole nitrogens is 1. The Morgan fingerprint density at radius 1 is 1.23 bits per heavy atom. The third-order valence-electron chi connectivity index (χ3n) is 5.63. The van der Waals surface area contributed by atoms with Crippen LogP contribution in [-0.4, -0.2) is 67.6 Å². The van der Waals surface area contributed by atoms with Gasteiger partial charge >= 0.3 is 6.09 Å². The van der Waals surface area contributed by atoms with Crippen LogP contribution in [0, 0.1) is 6.92 Å². The molecule has 0 radical (unpaired) electrons. The van der Waals surface area contributed by atoms with E-state index in [1.165, 1.54) is 21.6 Å². The van der Waals surface area contributed by atoms with Gasteiger partial charge in [-0.05, 0) is 64.0 Å². The lowest BCUT2D eigenvalue weighted by atomic mass is 10.1. The number of hydrogen-bond acceptors (Lipinski definition) is 6. The van der Waals surface area contributed by atoms with E-state index in [1.807, 2.05) is 32.9 Å². The van der Waals surface area contributed by atoms with Crippen molar-refractivity contribution in [2.75, 3.05) is 19.4 Å². The summed E-state index contributed by atoms with van der Waals surface area (Å²) >= 11 is 0. The number of aromatic amines is 1. The first-order valence-electron chi connectivity index (χ1n) is 12.3. The number of aromatic nitrogens is 4. The number of anilines is 1. The van der Waals surface area contributed by atoms with Crippen molar-refractivity contribution in [3.63, 3.8) is 0 Å². The SMILES string of the molecule is CC(C)=Cc1nc(C)cc2[nH]c(Cn3cccc(NC(=O)[C@H](CC/C=C/C(=O)N(C)C)NC(=O)O)c3=O)nc12. The summed E-state index contributed by atoms with van der Waals surface area (Å²) < 4.78 is 1.39. The number of fused-ring (bicyclic) bond motifs is 1. The second-order valence-electron chi connectivity index (χ2n) is 9.51. The highest BCUT2D eigenvalue weighted by Crippen LogP contribution is 2.19. The number of carboxylic acid groups (broad SMARTS) is 1. The molecule has 0 aliphatic heterocycles. The number of amides is 3. The number of hydrogen-bond donors (Lipinski definition) is 4. The lowest BCUT2D eigenvalue weighted by Gasteiger charge is -2.16. The first-order valence-corrected chi connectivity index (χ1v) is 12.3. The molecule has 0 unspecified atom stereocenters. The molecule has 3 aromatic rings. The van der Waals surface area contributed by atoms with Gasteiger partial charge in [-0.3, -0.25) is 19.4 Å². The zero-order valence-electron chi connectivity index (χ0n) is 22.6. The van der Waals surface area contributed by atoms with Crippen molar-refractivity contribution in [1.82, 2.24) is 29.7 Å². The molecule has 0 aliphatic rings. The Morgan fingerprint density at radius 3 is 2.64 bits per heavy atom. The van der Waals surface area contributed by atoms with Crippen molar-refractivity contribution in [3.8, 4) is 0 Å². The van der Waals surface area contributed by atoms with Crippen molar-refractivity contribution in [2.45, 2.75) is 46.2 Å². The second-order valence-corrected chi connectivity index (χ2v) is 9.51. The van der Waals surface area contributed by atoms with Gasteiger partial charge in [-0.15, -0.1) is 0 Å². The maximum Gasteiger partial charge on any atom is 0.405 e. The van der Waals surface area contributed by atoms with Crippen LogP contribution in [0.4, 0.5) is 10.5 Å². The predicted octanol–water partition coefficient (Wildman–Crippen LogP) is 2.90. The van der Waals surface area contributed by atoms with Gasteiger partial charge in [-0.2, -0.15) is 0 Å². The van der Waals surface area contributed by atoms with Crippen molar-refractivity contribution < 1.29 is 19.5 Å². The average molecular weight is 536 g/mol. The van der Waals surface area contributed by atoms with Gasteiger partial charge in [-0.1, -0.05) is 11.6 Å². The summed E-state index contributed by atoms with van der Waals surface area (Å²) in [4.78, 5) is 62.7. The Labute approximate surface area is 225 Å².